The molecular weight excluding hydrogens is 324 g/mol. The molecule has 1 N–H and O–H groups in total. The number of benzene rings is 1. The van der Waals surface area contributed by atoms with Crippen LogP contribution in [0, 0.1) is 17.8 Å². The van der Waals surface area contributed by atoms with E-state index in [1.165, 1.54) is 20.3 Å². The Hall–Kier alpha value is -2.24. The fourth-order valence-corrected chi connectivity index (χ4v) is 4.13. The number of carbonyl (C=O) groups excluding carboxylic acids is 2. The van der Waals surface area contributed by atoms with Crippen molar-refractivity contribution in [2.75, 3.05) is 14.2 Å². The molecule has 2 aliphatic rings. The number of fused-ring (bicyclic) bond motifs is 1. The SMILES string of the molecule is CCCC1Cc2ccc(O)cc2O[C@]1(C(=O)OC)C1CC1C(=O)OC. The largest absolute Gasteiger partial charge is 0.508 e. The Morgan fingerprint density at radius 2 is 2.08 bits per heavy atom. The van der Waals surface area contributed by atoms with Gasteiger partial charge < -0.3 is 19.3 Å². The Morgan fingerprint density at radius 3 is 2.72 bits per heavy atom. The zero-order valence-corrected chi connectivity index (χ0v) is 14.8. The van der Waals surface area contributed by atoms with Crippen molar-refractivity contribution in [2.24, 2.45) is 17.8 Å². The molecule has 0 amide bonds. The van der Waals surface area contributed by atoms with E-state index in [0.717, 1.165) is 18.4 Å². The summed E-state index contributed by atoms with van der Waals surface area (Å²) in [5.41, 5.74) is -0.268. The van der Waals surface area contributed by atoms with Gasteiger partial charge in [0.15, 0.2) is 0 Å². The Kier molecular flexibility index (Phi) is 4.62. The van der Waals surface area contributed by atoms with E-state index < -0.39 is 11.6 Å². The standard InChI is InChI=1S/C19H24O6/c1-4-5-12-8-11-6-7-13(20)9-16(11)25-19(12,18(22)24-3)15-10-14(15)17(21)23-2/h6-7,9,12,14-15,20H,4-5,8,10H2,1-3H3/t12?,14?,15?,19-/m0/s1. The predicted octanol–water partition coefficient (Wildman–Crippen LogP) is 2.46. The Morgan fingerprint density at radius 1 is 1.32 bits per heavy atom. The van der Waals surface area contributed by atoms with Crippen LogP contribution in [-0.4, -0.2) is 36.9 Å². The zero-order chi connectivity index (χ0) is 18.2. The van der Waals surface area contributed by atoms with Crippen LogP contribution < -0.4 is 4.74 Å². The fourth-order valence-electron chi connectivity index (χ4n) is 4.13. The molecule has 1 aliphatic carbocycles. The van der Waals surface area contributed by atoms with E-state index in [1.807, 2.05) is 6.07 Å². The van der Waals surface area contributed by atoms with E-state index in [1.54, 1.807) is 6.07 Å². The van der Waals surface area contributed by atoms with Crippen LogP contribution in [0.1, 0.15) is 31.7 Å². The van der Waals surface area contributed by atoms with E-state index in [9.17, 15) is 14.7 Å². The highest BCUT2D eigenvalue weighted by Gasteiger charge is 2.67. The molecule has 0 bridgehead atoms. The van der Waals surface area contributed by atoms with Gasteiger partial charge >= 0.3 is 11.9 Å². The first kappa shape index (κ1) is 17.6. The maximum atomic E-state index is 12.8. The lowest BCUT2D eigenvalue weighted by atomic mass is 9.74. The van der Waals surface area contributed by atoms with E-state index in [2.05, 4.69) is 6.92 Å². The number of phenols is 1. The quantitative estimate of drug-likeness (QED) is 0.823. The van der Waals surface area contributed by atoms with Crippen molar-refractivity contribution in [1.29, 1.82) is 0 Å². The minimum Gasteiger partial charge on any atom is -0.508 e. The van der Waals surface area contributed by atoms with Gasteiger partial charge in [-0.05, 0) is 30.9 Å². The summed E-state index contributed by atoms with van der Waals surface area (Å²) in [6.45, 7) is 2.05. The lowest BCUT2D eigenvalue weighted by molar-refractivity contribution is -0.171. The summed E-state index contributed by atoms with van der Waals surface area (Å²) in [7, 11) is 2.69. The van der Waals surface area contributed by atoms with Crippen molar-refractivity contribution in [3.05, 3.63) is 23.8 Å². The van der Waals surface area contributed by atoms with Crippen LogP contribution in [0.3, 0.4) is 0 Å². The van der Waals surface area contributed by atoms with Crippen LogP contribution in [-0.2, 0) is 25.5 Å². The van der Waals surface area contributed by atoms with E-state index in [0.29, 0.717) is 18.6 Å². The summed E-state index contributed by atoms with van der Waals surface area (Å²) in [5.74, 6) is -0.964. The molecule has 1 aromatic rings. The number of hydrogen-bond acceptors (Lipinski definition) is 6. The van der Waals surface area contributed by atoms with Crippen LogP contribution in [0.25, 0.3) is 0 Å². The second-order valence-electron chi connectivity index (χ2n) is 6.84. The van der Waals surface area contributed by atoms with Gasteiger partial charge in [0.25, 0.3) is 0 Å². The van der Waals surface area contributed by atoms with Gasteiger partial charge in [0, 0.05) is 17.9 Å². The Labute approximate surface area is 147 Å². The third-order valence-corrected chi connectivity index (χ3v) is 5.39. The van der Waals surface area contributed by atoms with Crippen molar-refractivity contribution in [3.8, 4) is 11.5 Å². The summed E-state index contributed by atoms with van der Waals surface area (Å²) < 4.78 is 16.2. The van der Waals surface area contributed by atoms with Gasteiger partial charge in [0.1, 0.15) is 11.5 Å². The maximum absolute atomic E-state index is 12.8. The average molecular weight is 348 g/mol. The molecule has 1 saturated carbocycles. The van der Waals surface area contributed by atoms with Gasteiger partial charge in [-0.25, -0.2) is 4.79 Å². The molecule has 1 fully saturated rings. The molecule has 6 heteroatoms. The van der Waals surface area contributed by atoms with Gasteiger partial charge in [-0.3, -0.25) is 4.79 Å². The number of aromatic hydroxyl groups is 1. The molecule has 3 unspecified atom stereocenters. The fraction of sp³-hybridized carbons (Fsp3) is 0.579. The van der Waals surface area contributed by atoms with Gasteiger partial charge in [-0.2, -0.15) is 0 Å². The first-order chi connectivity index (χ1) is 12.0. The van der Waals surface area contributed by atoms with Crippen molar-refractivity contribution in [2.45, 2.75) is 38.2 Å². The van der Waals surface area contributed by atoms with Gasteiger partial charge in [0.05, 0.1) is 20.1 Å². The highest BCUT2D eigenvalue weighted by atomic mass is 16.6. The van der Waals surface area contributed by atoms with Gasteiger partial charge in [-0.1, -0.05) is 19.4 Å². The second-order valence-corrected chi connectivity index (χ2v) is 6.84. The van der Waals surface area contributed by atoms with E-state index in [4.69, 9.17) is 14.2 Å². The molecule has 1 heterocycles. The number of hydrogen-bond donors (Lipinski definition) is 1. The van der Waals surface area contributed by atoms with Crippen LogP contribution in [0.5, 0.6) is 11.5 Å². The van der Waals surface area contributed by atoms with Gasteiger partial charge in [0.2, 0.25) is 5.60 Å². The minimum absolute atomic E-state index is 0.0757. The molecule has 1 aromatic carbocycles. The third-order valence-electron chi connectivity index (χ3n) is 5.39. The first-order valence-electron chi connectivity index (χ1n) is 8.65. The molecule has 0 aromatic heterocycles. The highest BCUT2D eigenvalue weighted by molar-refractivity contribution is 5.85. The Balaban J connectivity index is 2.04. The summed E-state index contributed by atoms with van der Waals surface area (Å²) in [6, 6.07) is 4.95. The van der Waals surface area contributed by atoms with Crippen molar-refractivity contribution in [3.63, 3.8) is 0 Å². The average Bonchev–Trinajstić information content (AvgIpc) is 3.41. The van der Waals surface area contributed by atoms with Crippen LogP contribution in [0.4, 0.5) is 0 Å². The molecule has 1 aliphatic heterocycles. The Bertz CT molecular complexity index is 684. The van der Waals surface area contributed by atoms with E-state index >= 15 is 0 Å². The third kappa shape index (κ3) is 2.83. The number of rotatable bonds is 5. The topological polar surface area (TPSA) is 82.1 Å². The monoisotopic (exact) mass is 348 g/mol. The zero-order valence-electron chi connectivity index (χ0n) is 14.8. The van der Waals surface area contributed by atoms with Crippen LogP contribution in [0.15, 0.2) is 18.2 Å². The second kappa shape index (κ2) is 6.58. The van der Waals surface area contributed by atoms with E-state index in [-0.39, 0.29) is 29.5 Å². The van der Waals surface area contributed by atoms with Crippen molar-refractivity contribution >= 4 is 11.9 Å². The summed E-state index contributed by atoms with van der Waals surface area (Å²) >= 11 is 0. The molecule has 0 radical (unpaired) electrons. The van der Waals surface area contributed by atoms with Crippen molar-refractivity contribution in [1.82, 2.24) is 0 Å². The molecular formula is C19H24O6. The number of esters is 2. The summed E-state index contributed by atoms with van der Waals surface area (Å²) in [5, 5.41) is 9.79. The summed E-state index contributed by atoms with van der Waals surface area (Å²) in [6.07, 6.45) is 2.84. The van der Waals surface area contributed by atoms with Crippen molar-refractivity contribution < 1.29 is 28.9 Å². The minimum atomic E-state index is -1.22. The van der Waals surface area contributed by atoms with Crippen LogP contribution >= 0.6 is 0 Å². The van der Waals surface area contributed by atoms with Crippen LogP contribution in [0.2, 0.25) is 0 Å². The molecule has 136 valence electrons. The molecule has 4 atom stereocenters. The number of ether oxygens (including phenoxy) is 3. The highest BCUT2D eigenvalue weighted by Crippen LogP contribution is 2.56. The smallest absolute Gasteiger partial charge is 0.350 e. The number of carbonyl (C=O) groups is 2. The molecule has 3 rings (SSSR count). The number of phenolic OH excluding ortho intramolecular Hbond substituents is 1. The molecule has 6 nitrogen and oxygen atoms in total. The predicted molar refractivity (Wildman–Crippen MR) is 89.2 cm³/mol. The molecule has 25 heavy (non-hydrogen) atoms. The molecule has 0 spiro atoms. The van der Waals surface area contributed by atoms with Gasteiger partial charge in [-0.15, -0.1) is 0 Å². The molecule has 0 saturated heterocycles. The first-order valence-corrected chi connectivity index (χ1v) is 8.65. The lowest BCUT2D eigenvalue weighted by Gasteiger charge is -2.43. The summed E-state index contributed by atoms with van der Waals surface area (Å²) in [4.78, 5) is 24.8. The maximum Gasteiger partial charge on any atom is 0.350 e. The number of methoxy groups -OCH3 is 2. The normalized spacial score (nSPS) is 30.0. The lowest BCUT2D eigenvalue weighted by Crippen LogP contribution is -2.57.